The molecular weight excluding hydrogens is 376 g/mol. The van der Waals surface area contributed by atoms with Crippen LogP contribution >= 0.6 is 11.8 Å². The zero-order valence-electron chi connectivity index (χ0n) is 15.5. The monoisotopic (exact) mass is 396 g/mol. The smallest absolute Gasteiger partial charge is 0.272 e. The summed E-state index contributed by atoms with van der Waals surface area (Å²) in [5, 5.41) is 0. The summed E-state index contributed by atoms with van der Waals surface area (Å²) in [6.45, 7) is 2.39. The number of carbonyl (C=O) groups is 1. The Hall–Kier alpha value is -2.94. The first-order valence-electron chi connectivity index (χ1n) is 8.99. The topological polar surface area (TPSA) is 95.1 Å². The van der Waals surface area contributed by atoms with Crippen molar-refractivity contribution >= 4 is 34.5 Å². The van der Waals surface area contributed by atoms with Crippen LogP contribution in [0.4, 0.5) is 5.82 Å². The minimum Gasteiger partial charge on any atom is -0.352 e. The number of aromatic amines is 1. The number of para-hydroxylation sites is 2. The fourth-order valence-corrected chi connectivity index (χ4v) is 3.63. The van der Waals surface area contributed by atoms with E-state index in [0.29, 0.717) is 37.8 Å². The number of nitrogens with zero attached hydrogens (tertiary/aromatic N) is 5. The van der Waals surface area contributed by atoms with Gasteiger partial charge >= 0.3 is 0 Å². The molecule has 0 unspecified atom stereocenters. The molecule has 0 aliphatic carbocycles. The van der Waals surface area contributed by atoms with Crippen molar-refractivity contribution in [3.8, 4) is 0 Å². The lowest BCUT2D eigenvalue weighted by Crippen LogP contribution is -2.49. The Morgan fingerprint density at radius 2 is 1.89 bits per heavy atom. The second-order valence-corrected chi connectivity index (χ2v) is 7.37. The molecule has 28 heavy (non-hydrogen) atoms. The average molecular weight is 396 g/mol. The Morgan fingerprint density at radius 3 is 2.64 bits per heavy atom. The number of carbonyl (C=O) groups excluding carboxylic acids is 1. The second kappa shape index (κ2) is 7.97. The number of aromatic nitrogens is 4. The molecule has 1 saturated heterocycles. The Morgan fingerprint density at radius 1 is 1.14 bits per heavy atom. The predicted octanol–water partition coefficient (Wildman–Crippen LogP) is 1.54. The summed E-state index contributed by atoms with van der Waals surface area (Å²) < 4.78 is 0. The van der Waals surface area contributed by atoms with Gasteiger partial charge in [-0.3, -0.25) is 14.6 Å². The van der Waals surface area contributed by atoms with Crippen LogP contribution < -0.4 is 10.5 Å². The van der Waals surface area contributed by atoms with Gasteiger partial charge in [-0.1, -0.05) is 12.1 Å². The maximum Gasteiger partial charge on any atom is 0.272 e. The summed E-state index contributed by atoms with van der Waals surface area (Å²) in [6.07, 6.45) is 3.69. The largest absolute Gasteiger partial charge is 0.352 e. The Bertz CT molecular complexity index is 1060. The summed E-state index contributed by atoms with van der Waals surface area (Å²) in [7, 11) is 0. The molecule has 4 rings (SSSR count). The van der Waals surface area contributed by atoms with E-state index in [0.717, 1.165) is 16.9 Å². The third kappa shape index (κ3) is 3.84. The van der Waals surface area contributed by atoms with Gasteiger partial charge in [-0.25, -0.2) is 9.97 Å². The molecule has 0 bridgehead atoms. The molecule has 0 saturated carbocycles. The zero-order chi connectivity index (χ0) is 19.5. The summed E-state index contributed by atoms with van der Waals surface area (Å²) in [6, 6.07) is 9.03. The maximum atomic E-state index is 12.8. The molecule has 9 heteroatoms. The fraction of sp³-hybridized carbons (Fsp3) is 0.316. The summed E-state index contributed by atoms with van der Waals surface area (Å²) in [4.78, 5) is 44.6. The number of H-pyrrole nitrogens is 1. The lowest BCUT2D eigenvalue weighted by atomic mass is 10.2. The molecule has 1 fully saturated rings. The van der Waals surface area contributed by atoms with Crippen molar-refractivity contribution in [2.75, 3.05) is 37.3 Å². The number of hydrogen-bond donors (Lipinski definition) is 1. The van der Waals surface area contributed by atoms with Gasteiger partial charge in [0.2, 0.25) is 0 Å². The molecule has 1 aromatic carbocycles. The molecule has 0 atom stereocenters. The van der Waals surface area contributed by atoms with Gasteiger partial charge in [0, 0.05) is 32.2 Å². The molecule has 1 aliphatic rings. The van der Waals surface area contributed by atoms with E-state index in [9.17, 15) is 9.59 Å². The average Bonchev–Trinajstić information content (AvgIpc) is 2.73. The number of hydrogen-bond acceptors (Lipinski definition) is 7. The fourth-order valence-electron chi connectivity index (χ4n) is 3.22. The molecule has 0 radical (unpaired) electrons. The number of fused-ring (bicyclic) bond motifs is 1. The molecule has 1 aliphatic heterocycles. The summed E-state index contributed by atoms with van der Waals surface area (Å²) in [5.41, 5.74) is 1.62. The van der Waals surface area contributed by atoms with Crippen LogP contribution in [0.2, 0.25) is 0 Å². The van der Waals surface area contributed by atoms with Crippen LogP contribution in [0, 0.1) is 0 Å². The van der Waals surface area contributed by atoms with E-state index in [4.69, 9.17) is 0 Å². The van der Waals surface area contributed by atoms with Crippen molar-refractivity contribution in [3.05, 3.63) is 58.4 Å². The zero-order valence-corrected chi connectivity index (χ0v) is 16.3. The number of nitrogens with one attached hydrogen (secondary N) is 1. The number of piperazine rings is 1. The second-order valence-electron chi connectivity index (χ2n) is 6.51. The van der Waals surface area contributed by atoms with Crippen LogP contribution in [-0.4, -0.2) is 63.2 Å². The van der Waals surface area contributed by atoms with Crippen molar-refractivity contribution in [3.63, 3.8) is 0 Å². The molecule has 2 aromatic heterocycles. The Labute approximate surface area is 166 Å². The number of thioether (sulfide) groups is 1. The quantitative estimate of drug-likeness (QED) is 0.715. The van der Waals surface area contributed by atoms with E-state index in [1.807, 2.05) is 30.5 Å². The van der Waals surface area contributed by atoms with Crippen LogP contribution in [-0.2, 0) is 5.75 Å². The standard InChI is InChI=1S/C19H20N6O2S/c1-28-12-16-21-15(10-18(26)23-16)19(27)25-8-6-24(7-9-25)17-11-20-13-4-2-3-5-14(13)22-17/h2-5,10-11H,6-9,12H2,1H3,(H,21,23,26). The SMILES string of the molecule is CSCc1nc(C(=O)N2CCN(c3cnc4ccccc4n3)CC2)cc(=O)[nH]1. The highest BCUT2D eigenvalue weighted by molar-refractivity contribution is 7.97. The van der Waals surface area contributed by atoms with Gasteiger partial charge in [0.15, 0.2) is 0 Å². The lowest BCUT2D eigenvalue weighted by Gasteiger charge is -2.35. The normalized spacial score (nSPS) is 14.5. The minimum absolute atomic E-state index is 0.201. The summed E-state index contributed by atoms with van der Waals surface area (Å²) in [5.74, 6) is 1.68. The van der Waals surface area contributed by atoms with Crippen molar-refractivity contribution in [2.45, 2.75) is 5.75 Å². The van der Waals surface area contributed by atoms with Gasteiger partial charge in [-0.2, -0.15) is 11.8 Å². The van der Waals surface area contributed by atoms with Crippen LogP contribution in [0.5, 0.6) is 0 Å². The Balaban J connectivity index is 1.46. The van der Waals surface area contributed by atoms with Crippen molar-refractivity contribution in [1.82, 2.24) is 24.8 Å². The van der Waals surface area contributed by atoms with Crippen molar-refractivity contribution in [2.24, 2.45) is 0 Å². The molecule has 3 heterocycles. The molecule has 1 N–H and O–H groups in total. The van der Waals surface area contributed by atoms with E-state index >= 15 is 0 Å². The van der Waals surface area contributed by atoms with Gasteiger partial charge < -0.3 is 14.8 Å². The third-order valence-electron chi connectivity index (χ3n) is 4.62. The lowest BCUT2D eigenvalue weighted by molar-refractivity contribution is 0.0740. The molecule has 3 aromatic rings. The number of benzene rings is 1. The van der Waals surface area contributed by atoms with Gasteiger partial charge in [0.25, 0.3) is 11.5 Å². The first-order chi connectivity index (χ1) is 13.6. The van der Waals surface area contributed by atoms with Crippen molar-refractivity contribution < 1.29 is 4.79 Å². The van der Waals surface area contributed by atoms with E-state index in [2.05, 4.69) is 24.8 Å². The predicted molar refractivity (Wildman–Crippen MR) is 110 cm³/mol. The van der Waals surface area contributed by atoms with E-state index in [1.165, 1.54) is 6.07 Å². The van der Waals surface area contributed by atoms with Crippen LogP contribution in [0.15, 0.2) is 41.3 Å². The van der Waals surface area contributed by atoms with Gasteiger partial charge in [-0.05, 0) is 18.4 Å². The number of amides is 1. The van der Waals surface area contributed by atoms with Crippen molar-refractivity contribution in [1.29, 1.82) is 0 Å². The molecule has 144 valence electrons. The molecule has 0 spiro atoms. The van der Waals surface area contributed by atoms with Crippen LogP contribution in [0.1, 0.15) is 16.3 Å². The Kier molecular flexibility index (Phi) is 5.25. The first-order valence-corrected chi connectivity index (χ1v) is 10.4. The third-order valence-corrected chi connectivity index (χ3v) is 5.18. The summed E-state index contributed by atoms with van der Waals surface area (Å²) >= 11 is 1.54. The molecular formula is C19H20N6O2S. The van der Waals surface area contributed by atoms with E-state index < -0.39 is 0 Å². The first kappa shape index (κ1) is 18.4. The van der Waals surface area contributed by atoms with Gasteiger partial charge in [-0.15, -0.1) is 0 Å². The van der Waals surface area contributed by atoms with Gasteiger partial charge in [0.1, 0.15) is 17.3 Å². The molecule has 8 nitrogen and oxygen atoms in total. The number of rotatable bonds is 4. The van der Waals surface area contributed by atoms with Crippen LogP contribution in [0.3, 0.4) is 0 Å². The van der Waals surface area contributed by atoms with E-state index in [-0.39, 0.29) is 17.2 Å². The maximum absolute atomic E-state index is 12.8. The highest BCUT2D eigenvalue weighted by Gasteiger charge is 2.24. The van der Waals surface area contributed by atoms with Crippen LogP contribution in [0.25, 0.3) is 11.0 Å². The number of anilines is 1. The van der Waals surface area contributed by atoms with Gasteiger partial charge in [0.05, 0.1) is 23.0 Å². The minimum atomic E-state index is -0.299. The highest BCUT2D eigenvalue weighted by Crippen LogP contribution is 2.17. The highest BCUT2D eigenvalue weighted by atomic mass is 32.2. The molecule has 1 amide bonds. The van der Waals surface area contributed by atoms with E-state index in [1.54, 1.807) is 22.9 Å².